The zero-order chi connectivity index (χ0) is 13.0. The number of carbonyl (C=O) groups excluding carboxylic acids is 1. The number of furan rings is 1. The fraction of sp³-hybridized carbons (Fsp3) is 0.300. The van der Waals surface area contributed by atoms with Gasteiger partial charge in [-0.1, -0.05) is 0 Å². The number of carboxylic acid groups (broad SMARTS) is 2. The smallest absolute Gasteiger partial charge is 0.326 e. The average Bonchev–Trinajstić information content (AvgIpc) is 2.62. The molecule has 0 unspecified atom stereocenters. The SMILES string of the molecule is Cc1occc1C(=O)N[C@@H](CC(=O)O)C(=O)O. The van der Waals surface area contributed by atoms with E-state index in [-0.39, 0.29) is 5.56 Å². The number of amides is 1. The summed E-state index contributed by atoms with van der Waals surface area (Å²) in [5.41, 5.74) is 0.182. The molecule has 92 valence electrons. The Balaban J connectivity index is 2.74. The second-order valence-electron chi connectivity index (χ2n) is 3.35. The Bertz CT molecular complexity index is 449. The summed E-state index contributed by atoms with van der Waals surface area (Å²) in [4.78, 5) is 32.7. The van der Waals surface area contributed by atoms with Crippen LogP contribution in [0.25, 0.3) is 0 Å². The van der Waals surface area contributed by atoms with Crippen molar-refractivity contribution in [3.8, 4) is 0 Å². The normalized spacial score (nSPS) is 11.8. The molecule has 1 aromatic heterocycles. The third kappa shape index (κ3) is 3.33. The molecular weight excluding hydrogens is 230 g/mol. The Kier molecular flexibility index (Phi) is 3.86. The molecule has 1 heterocycles. The summed E-state index contributed by atoms with van der Waals surface area (Å²) in [7, 11) is 0. The fourth-order valence-corrected chi connectivity index (χ4v) is 1.23. The van der Waals surface area contributed by atoms with E-state index in [9.17, 15) is 14.4 Å². The molecule has 0 spiro atoms. The van der Waals surface area contributed by atoms with E-state index in [1.54, 1.807) is 6.92 Å². The average molecular weight is 241 g/mol. The van der Waals surface area contributed by atoms with Crippen molar-refractivity contribution in [2.75, 3.05) is 0 Å². The van der Waals surface area contributed by atoms with Gasteiger partial charge in [-0.15, -0.1) is 0 Å². The Morgan fingerprint density at radius 3 is 2.47 bits per heavy atom. The molecule has 3 N–H and O–H groups in total. The lowest BCUT2D eigenvalue weighted by Gasteiger charge is -2.11. The van der Waals surface area contributed by atoms with E-state index < -0.39 is 30.3 Å². The van der Waals surface area contributed by atoms with Crippen LogP contribution in [0.4, 0.5) is 0 Å². The molecule has 0 saturated carbocycles. The highest BCUT2D eigenvalue weighted by Crippen LogP contribution is 2.09. The molecule has 0 aliphatic heterocycles. The molecule has 0 aromatic carbocycles. The molecule has 1 atom stereocenters. The number of carboxylic acids is 2. The number of aryl methyl sites for hydroxylation is 1. The Labute approximate surface area is 96.0 Å². The topological polar surface area (TPSA) is 117 Å². The lowest BCUT2D eigenvalue weighted by molar-refractivity contribution is -0.145. The van der Waals surface area contributed by atoms with Crippen LogP contribution in [0.3, 0.4) is 0 Å². The number of hydrogen-bond acceptors (Lipinski definition) is 4. The van der Waals surface area contributed by atoms with Gasteiger partial charge in [0, 0.05) is 0 Å². The number of aliphatic carboxylic acids is 2. The first-order chi connectivity index (χ1) is 7.91. The van der Waals surface area contributed by atoms with Gasteiger partial charge in [0.15, 0.2) is 0 Å². The van der Waals surface area contributed by atoms with Crippen LogP contribution in [0, 0.1) is 6.92 Å². The van der Waals surface area contributed by atoms with Crippen LogP contribution in [0.15, 0.2) is 16.7 Å². The van der Waals surface area contributed by atoms with Crippen molar-refractivity contribution in [3.63, 3.8) is 0 Å². The maximum absolute atomic E-state index is 11.6. The van der Waals surface area contributed by atoms with Crippen molar-refractivity contribution in [1.29, 1.82) is 0 Å². The highest BCUT2D eigenvalue weighted by Gasteiger charge is 2.24. The van der Waals surface area contributed by atoms with E-state index in [1.165, 1.54) is 12.3 Å². The van der Waals surface area contributed by atoms with Crippen molar-refractivity contribution in [2.45, 2.75) is 19.4 Å². The molecular formula is C10H11NO6. The van der Waals surface area contributed by atoms with E-state index >= 15 is 0 Å². The highest BCUT2D eigenvalue weighted by molar-refractivity contribution is 5.98. The van der Waals surface area contributed by atoms with Gasteiger partial charge in [-0.25, -0.2) is 4.79 Å². The standard InChI is InChI=1S/C10H11NO6/c1-5-6(2-3-17-5)9(14)11-7(10(15)16)4-8(12)13/h2-3,7H,4H2,1H3,(H,11,14)(H,12,13)(H,15,16)/t7-/m0/s1. The molecule has 0 aliphatic carbocycles. The number of rotatable bonds is 5. The fourth-order valence-electron chi connectivity index (χ4n) is 1.23. The zero-order valence-corrected chi connectivity index (χ0v) is 8.97. The van der Waals surface area contributed by atoms with E-state index in [0.29, 0.717) is 5.76 Å². The van der Waals surface area contributed by atoms with Gasteiger partial charge in [-0.3, -0.25) is 9.59 Å². The predicted octanol–water partition coefficient (Wildman–Crippen LogP) is 0.246. The van der Waals surface area contributed by atoms with E-state index in [4.69, 9.17) is 14.6 Å². The van der Waals surface area contributed by atoms with Crippen molar-refractivity contribution in [3.05, 3.63) is 23.7 Å². The van der Waals surface area contributed by atoms with Crippen LogP contribution in [-0.4, -0.2) is 34.1 Å². The first kappa shape index (κ1) is 12.8. The van der Waals surface area contributed by atoms with E-state index in [2.05, 4.69) is 5.32 Å². The molecule has 0 aliphatic rings. The van der Waals surface area contributed by atoms with Crippen molar-refractivity contribution >= 4 is 17.8 Å². The van der Waals surface area contributed by atoms with Gasteiger partial charge in [-0.2, -0.15) is 0 Å². The van der Waals surface area contributed by atoms with Gasteiger partial charge in [0.2, 0.25) is 0 Å². The summed E-state index contributed by atoms with van der Waals surface area (Å²) in [6.07, 6.45) is 0.606. The van der Waals surface area contributed by atoms with Crippen molar-refractivity contribution < 1.29 is 29.0 Å². The molecule has 7 heteroatoms. The van der Waals surface area contributed by atoms with Crippen LogP contribution in [0.5, 0.6) is 0 Å². The van der Waals surface area contributed by atoms with Crippen LogP contribution >= 0.6 is 0 Å². The number of carbonyl (C=O) groups is 3. The molecule has 17 heavy (non-hydrogen) atoms. The van der Waals surface area contributed by atoms with Gasteiger partial charge in [0.05, 0.1) is 18.2 Å². The third-order valence-electron chi connectivity index (χ3n) is 2.09. The molecule has 1 rings (SSSR count). The molecule has 1 aromatic rings. The summed E-state index contributed by atoms with van der Waals surface area (Å²) < 4.78 is 4.88. The maximum Gasteiger partial charge on any atom is 0.326 e. The molecule has 1 amide bonds. The van der Waals surface area contributed by atoms with Crippen molar-refractivity contribution in [2.24, 2.45) is 0 Å². The molecule has 0 fully saturated rings. The number of hydrogen-bond donors (Lipinski definition) is 3. The Morgan fingerprint density at radius 1 is 1.41 bits per heavy atom. The van der Waals surface area contributed by atoms with Crippen molar-refractivity contribution in [1.82, 2.24) is 5.32 Å². The van der Waals surface area contributed by atoms with Crippen LogP contribution in [0.1, 0.15) is 22.5 Å². The summed E-state index contributed by atoms with van der Waals surface area (Å²) in [6.45, 7) is 1.54. The Morgan fingerprint density at radius 2 is 2.06 bits per heavy atom. The van der Waals surface area contributed by atoms with Crippen LogP contribution in [0.2, 0.25) is 0 Å². The quantitative estimate of drug-likeness (QED) is 0.680. The summed E-state index contributed by atoms with van der Waals surface area (Å²) >= 11 is 0. The second-order valence-corrected chi connectivity index (χ2v) is 3.35. The zero-order valence-electron chi connectivity index (χ0n) is 8.97. The minimum Gasteiger partial charge on any atom is -0.481 e. The van der Waals surface area contributed by atoms with Gasteiger partial charge >= 0.3 is 11.9 Å². The second kappa shape index (κ2) is 5.15. The van der Waals surface area contributed by atoms with E-state index in [1.807, 2.05) is 0 Å². The van der Waals surface area contributed by atoms with E-state index in [0.717, 1.165) is 0 Å². The minimum absolute atomic E-state index is 0.182. The minimum atomic E-state index is -1.46. The Hall–Kier alpha value is -2.31. The summed E-state index contributed by atoms with van der Waals surface area (Å²) in [5, 5.41) is 19.3. The van der Waals surface area contributed by atoms with Crippen LogP contribution < -0.4 is 5.32 Å². The molecule has 7 nitrogen and oxygen atoms in total. The predicted molar refractivity (Wildman–Crippen MR) is 54.6 cm³/mol. The monoisotopic (exact) mass is 241 g/mol. The molecule has 0 bridgehead atoms. The molecule has 0 saturated heterocycles. The lowest BCUT2D eigenvalue weighted by atomic mass is 10.2. The third-order valence-corrected chi connectivity index (χ3v) is 2.09. The van der Waals surface area contributed by atoms with Gasteiger partial charge < -0.3 is 19.9 Å². The summed E-state index contributed by atoms with van der Waals surface area (Å²) in [5.74, 6) is -3.05. The van der Waals surface area contributed by atoms with Crippen LogP contribution in [-0.2, 0) is 9.59 Å². The maximum atomic E-state index is 11.6. The van der Waals surface area contributed by atoms with Gasteiger partial charge in [0.25, 0.3) is 5.91 Å². The molecule has 0 radical (unpaired) electrons. The largest absolute Gasteiger partial charge is 0.481 e. The van der Waals surface area contributed by atoms with Gasteiger partial charge in [0.1, 0.15) is 11.8 Å². The number of nitrogens with one attached hydrogen (secondary N) is 1. The van der Waals surface area contributed by atoms with Gasteiger partial charge in [-0.05, 0) is 13.0 Å². The first-order valence-corrected chi connectivity index (χ1v) is 4.71. The first-order valence-electron chi connectivity index (χ1n) is 4.71. The summed E-state index contributed by atoms with van der Waals surface area (Å²) in [6, 6.07) is -0.0843. The lowest BCUT2D eigenvalue weighted by Crippen LogP contribution is -2.42. The highest BCUT2D eigenvalue weighted by atomic mass is 16.4.